The normalized spacial score (nSPS) is 12.3. The Hall–Kier alpha value is -1.81. The van der Waals surface area contributed by atoms with Crippen molar-refractivity contribution in [2.75, 3.05) is 5.32 Å². The minimum absolute atomic E-state index is 0.0276. The highest BCUT2D eigenvalue weighted by Gasteiger charge is 2.10. The van der Waals surface area contributed by atoms with Crippen molar-refractivity contribution >= 4 is 17.3 Å². The standard InChI is InChI=1S/C16H16ClF2NO/c1-10-3-5-12(6-4-10)11(2)20-13-7-8-15(14(17)9-13)21-16(18)19/h3-9,11,16,20H,1-2H3. The van der Waals surface area contributed by atoms with Crippen molar-refractivity contribution in [2.45, 2.75) is 26.5 Å². The molecule has 0 spiro atoms. The Bertz CT molecular complexity index is 602. The summed E-state index contributed by atoms with van der Waals surface area (Å²) in [7, 11) is 0. The molecule has 21 heavy (non-hydrogen) atoms. The van der Waals surface area contributed by atoms with E-state index < -0.39 is 6.61 Å². The number of aryl methyl sites for hydroxylation is 1. The smallest absolute Gasteiger partial charge is 0.387 e. The van der Waals surface area contributed by atoms with Crippen LogP contribution in [0.25, 0.3) is 0 Å². The molecule has 0 amide bonds. The molecule has 1 atom stereocenters. The van der Waals surface area contributed by atoms with E-state index in [1.54, 1.807) is 12.1 Å². The van der Waals surface area contributed by atoms with Gasteiger partial charge in [0.1, 0.15) is 5.75 Å². The molecule has 1 unspecified atom stereocenters. The molecular formula is C16H16ClF2NO. The van der Waals surface area contributed by atoms with Crippen molar-refractivity contribution in [3.8, 4) is 5.75 Å². The first-order chi connectivity index (χ1) is 9.95. The largest absolute Gasteiger partial charge is 0.433 e. The predicted molar refractivity (Wildman–Crippen MR) is 81.3 cm³/mol. The molecule has 2 aromatic carbocycles. The number of rotatable bonds is 5. The van der Waals surface area contributed by atoms with Crippen LogP contribution < -0.4 is 10.1 Å². The summed E-state index contributed by atoms with van der Waals surface area (Å²) < 4.78 is 28.6. The highest BCUT2D eigenvalue weighted by atomic mass is 35.5. The molecular weight excluding hydrogens is 296 g/mol. The summed E-state index contributed by atoms with van der Waals surface area (Å²) in [6, 6.07) is 12.9. The minimum Gasteiger partial charge on any atom is -0.433 e. The lowest BCUT2D eigenvalue weighted by atomic mass is 10.1. The highest BCUT2D eigenvalue weighted by Crippen LogP contribution is 2.30. The van der Waals surface area contributed by atoms with Crippen LogP contribution in [0.15, 0.2) is 42.5 Å². The van der Waals surface area contributed by atoms with Crippen LogP contribution in [0.1, 0.15) is 24.1 Å². The Morgan fingerprint density at radius 2 is 1.76 bits per heavy atom. The van der Waals surface area contributed by atoms with Crippen LogP contribution in [0.3, 0.4) is 0 Å². The maximum Gasteiger partial charge on any atom is 0.387 e. The van der Waals surface area contributed by atoms with E-state index in [1.165, 1.54) is 11.6 Å². The molecule has 112 valence electrons. The lowest BCUT2D eigenvalue weighted by Gasteiger charge is -2.17. The van der Waals surface area contributed by atoms with Crippen LogP contribution >= 0.6 is 11.6 Å². The van der Waals surface area contributed by atoms with Crippen molar-refractivity contribution in [3.63, 3.8) is 0 Å². The molecule has 0 aliphatic rings. The van der Waals surface area contributed by atoms with Gasteiger partial charge in [0.25, 0.3) is 0 Å². The van der Waals surface area contributed by atoms with E-state index in [4.69, 9.17) is 11.6 Å². The van der Waals surface area contributed by atoms with Crippen molar-refractivity contribution in [2.24, 2.45) is 0 Å². The van der Waals surface area contributed by atoms with Crippen molar-refractivity contribution in [1.29, 1.82) is 0 Å². The number of nitrogens with one attached hydrogen (secondary N) is 1. The van der Waals surface area contributed by atoms with Gasteiger partial charge in [-0.25, -0.2) is 0 Å². The van der Waals surface area contributed by atoms with Gasteiger partial charge in [0.15, 0.2) is 0 Å². The average molecular weight is 312 g/mol. The second-order valence-electron chi connectivity index (χ2n) is 4.80. The second kappa shape index (κ2) is 6.76. The molecule has 0 radical (unpaired) electrons. The molecule has 0 saturated carbocycles. The Kier molecular flexibility index (Phi) is 5.02. The van der Waals surface area contributed by atoms with Gasteiger partial charge in [0, 0.05) is 11.7 Å². The van der Waals surface area contributed by atoms with E-state index in [-0.39, 0.29) is 16.8 Å². The fourth-order valence-electron chi connectivity index (χ4n) is 1.97. The zero-order valence-corrected chi connectivity index (χ0v) is 12.5. The number of benzene rings is 2. The van der Waals surface area contributed by atoms with E-state index in [2.05, 4.69) is 10.1 Å². The van der Waals surface area contributed by atoms with E-state index in [1.807, 2.05) is 38.1 Å². The van der Waals surface area contributed by atoms with Gasteiger partial charge in [-0.2, -0.15) is 8.78 Å². The molecule has 1 N–H and O–H groups in total. The number of anilines is 1. The maximum atomic E-state index is 12.2. The van der Waals surface area contributed by atoms with Gasteiger partial charge in [0.05, 0.1) is 5.02 Å². The molecule has 2 nitrogen and oxygen atoms in total. The van der Waals surface area contributed by atoms with Crippen LogP contribution in [0.2, 0.25) is 5.02 Å². The van der Waals surface area contributed by atoms with Crippen LogP contribution in [-0.2, 0) is 0 Å². The zero-order chi connectivity index (χ0) is 15.4. The summed E-state index contributed by atoms with van der Waals surface area (Å²) >= 11 is 5.93. The van der Waals surface area contributed by atoms with Gasteiger partial charge >= 0.3 is 6.61 Å². The highest BCUT2D eigenvalue weighted by molar-refractivity contribution is 6.32. The Morgan fingerprint density at radius 1 is 1.10 bits per heavy atom. The van der Waals surface area contributed by atoms with Gasteiger partial charge in [-0.15, -0.1) is 0 Å². The first-order valence-corrected chi connectivity index (χ1v) is 6.91. The van der Waals surface area contributed by atoms with Gasteiger partial charge in [-0.05, 0) is 37.6 Å². The van der Waals surface area contributed by atoms with E-state index in [0.717, 1.165) is 11.3 Å². The van der Waals surface area contributed by atoms with Crippen molar-refractivity contribution in [1.82, 2.24) is 0 Å². The molecule has 2 rings (SSSR count). The Balaban J connectivity index is 2.09. The van der Waals surface area contributed by atoms with E-state index >= 15 is 0 Å². The maximum absolute atomic E-state index is 12.2. The van der Waals surface area contributed by atoms with Crippen LogP contribution in [0.5, 0.6) is 5.75 Å². The van der Waals surface area contributed by atoms with Crippen LogP contribution in [-0.4, -0.2) is 6.61 Å². The summed E-state index contributed by atoms with van der Waals surface area (Å²) in [5, 5.41) is 3.42. The Morgan fingerprint density at radius 3 is 2.33 bits per heavy atom. The van der Waals surface area contributed by atoms with Gasteiger partial charge in [0.2, 0.25) is 0 Å². The number of ether oxygens (including phenoxy) is 1. The monoisotopic (exact) mass is 311 g/mol. The number of halogens is 3. The lowest BCUT2D eigenvalue weighted by Crippen LogP contribution is -2.07. The Labute approximate surface area is 127 Å². The zero-order valence-electron chi connectivity index (χ0n) is 11.7. The number of alkyl halides is 2. The van der Waals surface area contributed by atoms with Gasteiger partial charge in [-0.1, -0.05) is 41.4 Å². The number of hydrogen-bond donors (Lipinski definition) is 1. The first kappa shape index (κ1) is 15.6. The van der Waals surface area contributed by atoms with Crippen molar-refractivity contribution < 1.29 is 13.5 Å². The molecule has 5 heteroatoms. The SMILES string of the molecule is Cc1ccc(C(C)Nc2ccc(OC(F)F)c(Cl)c2)cc1. The molecule has 0 bridgehead atoms. The predicted octanol–water partition coefficient (Wildman–Crippen LogP) is 5.42. The third kappa shape index (κ3) is 4.33. The van der Waals surface area contributed by atoms with Crippen LogP contribution in [0.4, 0.5) is 14.5 Å². The summed E-state index contributed by atoms with van der Waals surface area (Å²) in [4.78, 5) is 0. The number of hydrogen-bond acceptors (Lipinski definition) is 2. The fourth-order valence-corrected chi connectivity index (χ4v) is 2.20. The summed E-state index contributed by atoms with van der Waals surface area (Å²) in [6.45, 7) is 1.17. The first-order valence-electron chi connectivity index (χ1n) is 6.53. The summed E-state index contributed by atoms with van der Waals surface area (Å²) in [6.07, 6.45) is 0. The third-order valence-corrected chi connectivity index (χ3v) is 3.40. The second-order valence-corrected chi connectivity index (χ2v) is 5.21. The fraction of sp³-hybridized carbons (Fsp3) is 0.250. The van der Waals surface area contributed by atoms with Crippen molar-refractivity contribution in [3.05, 3.63) is 58.6 Å². The molecule has 0 fully saturated rings. The lowest BCUT2D eigenvalue weighted by molar-refractivity contribution is -0.0497. The summed E-state index contributed by atoms with van der Waals surface area (Å²) in [5.41, 5.74) is 3.07. The van der Waals surface area contributed by atoms with Crippen LogP contribution in [0, 0.1) is 6.92 Å². The van der Waals surface area contributed by atoms with Gasteiger partial charge in [-0.3, -0.25) is 0 Å². The minimum atomic E-state index is -2.88. The molecule has 0 saturated heterocycles. The van der Waals surface area contributed by atoms with E-state index in [9.17, 15) is 8.78 Å². The molecule has 0 aliphatic carbocycles. The van der Waals surface area contributed by atoms with Gasteiger partial charge < -0.3 is 10.1 Å². The molecule has 2 aromatic rings. The molecule has 0 aromatic heterocycles. The third-order valence-electron chi connectivity index (χ3n) is 3.11. The quantitative estimate of drug-likeness (QED) is 0.795. The molecule has 0 heterocycles. The topological polar surface area (TPSA) is 21.3 Å². The molecule has 0 aliphatic heterocycles. The average Bonchev–Trinajstić information content (AvgIpc) is 2.42. The summed E-state index contributed by atoms with van der Waals surface area (Å²) in [5.74, 6) is -0.0276. The van der Waals surface area contributed by atoms with E-state index in [0.29, 0.717) is 0 Å².